The lowest BCUT2D eigenvalue weighted by atomic mass is 10.1. The number of thiophene rings is 1. The summed E-state index contributed by atoms with van der Waals surface area (Å²) in [4.78, 5) is 18.5. The number of sulfonamides is 1. The zero-order valence-electron chi connectivity index (χ0n) is 15.5. The van der Waals surface area contributed by atoms with Crippen LogP contribution >= 0.6 is 34.3 Å². The number of nitrogens with zero attached hydrogens (tertiary/aromatic N) is 2. The molecule has 1 saturated heterocycles. The summed E-state index contributed by atoms with van der Waals surface area (Å²) in [6.07, 6.45) is 1.08. The maximum Gasteiger partial charge on any atom is 0.253 e. The number of hydrogen-bond donors (Lipinski definition) is 1. The summed E-state index contributed by atoms with van der Waals surface area (Å²) in [7, 11) is -3.78. The van der Waals surface area contributed by atoms with Crippen LogP contribution in [-0.2, 0) is 21.4 Å². The van der Waals surface area contributed by atoms with Crippen LogP contribution in [0.1, 0.15) is 17.7 Å². The number of nitrogens with one attached hydrogen (secondary N) is 1. The summed E-state index contributed by atoms with van der Waals surface area (Å²) in [5.74, 6) is 0.384. The standard InChI is InChI=1S/C19H16ClN3O4S3/c20-15-7-8-16(29-15)30(25,26)23-9-3-5-12(23)18(24)22-19-21-17-11-4-1-2-6-13(11)27-10-14(17)28-19/h1-2,4,6-8,12H,3,5,9-10H2,(H,21,22,24)/t12-/m1/s1. The van der Waals surface area contributed by atoms with E-state index in [2.05, 4.69) is 10.3 Å². The molecule has 0 aliphatic carbocycles. The van der Waals surface area contributed by atoms with Crippen LogP contribution < -0.4 is 10.1 Å². The van der Waals surface area contributed by atoms with Gasteiger partial charge >= 0.3 is 0 Å². The molecule has 0 spiro atoms. The van der Waals surface area contributed by atoms with Gasteiger partial charge in [-0.15, -0.1) is 11.3 Å². The molecule has 4 heterocycles. The Labute approximate surface area is 186 Å². The van der Waals surface area contributed by atoms with E-state index in [1.54, 1.807) is 6.07 Å². The van der Waals surface area contributed by atoms with E-state index in [1.165, 1.54) is 21.7 Å². The van der Waals surface area contributed by atoms with Crippen LogP contribution in [0.2, 0.25) is 4.34 Å². The van der Waals surface area contributed by atoms with Crippen molar-refractivity contribution in [3.05, 3.63) is 45.6 Å². The lowest BCUT2D eigenvalue weighted by molar-refractivity contribution is -0.119. The minimum Gasteiger partial charge on any atom is -0.487 e. The van der Waals surface area contributed by atoms with E-state index in [4.69, 9.17) is 16.3 Å². The molecule has 1 aromatic carbocycles. The minimum absolute atomic E-state index is 0.144. The third-order valence-corrected chi connectivity index (χ3v) is 9.60. The van der Waals surface area contributed by atoms with Gasteiger partial charge in [-0.05, 0) is 37.1 Å². The van der Waals surface area contributed by atoms with Crippen LogP contribution in [-0.4, -0.2) is 36.2 Å². The van der Waals surface area contributed by atoms with Crippen LogP contribution in [0, 0.1) is 0 Å². The lowest BCUT2D eigenvalue weighted by Crippen LogP contribution is -2.42. The van der Waals surface area contributed by atoms with Crippen molar-refractivity contribution in [1.82, 2.24) is 9.29 Å². The zero-order chi connectivity index (χ0) is 20.9. The highest BCUT2D eigenvalue weighted by atomic mass is 35.5. The van der Waals surface area contributed by atoms with Crippen LogP contribution in [0.4, 0.5) is 5.13 Å². The summed E-state index contributed by atoms with van der Waals surface area (Å²) in [5, 5.41) is 3.25. The van der Waals surface area contributed by atoms with Gasteiger partial charge in [-0.3, -0.25) is 4.79 Å². The second-order valence-corrected chi connectivity index (χ2v) is 11.8. The van der Waals surface area contributed by atoms with Crippen molar-refractivity contribution >= 4 is 55.3 Å². The molecule has 2 aromatic heterocycles. The normalized spacial score (nSPS) is 18.5. The first-order valence-corrected chi connectivity index (χ1v) is 12.7. The van der Waals surface area contributed by atoms with Crippen molar-refractivity contribution in [3.8, 4) is 17.0 Å². The number of carbonyl (C=O) groups excluding carboxylic acids is 1. The van der Waals surface area contributed by atoms with Gasteiger partial charge in [-0.1, -0.05) is 35.1 Å². The fraction of sp³-hybridized carbons (Fsp3) is 0.263. The van der Waals surface area contributed by atoms with E-state index >= 15 is 0 Å². The van der Waals surface area contributed by atoms with E-state index in [0.717, 1.165) is 33.2 Å². The molecule has 0 saturated carbocycles. The zero-order valence-corrected chi connectivity index (χ0v) is 18.7. The molecule has 1 atom stereocenters. The van der Waals surface area contributed by atoms with Gasteiger partial charge in [0.2, 0.25) is 5.91 Å². The Hall–Kier alpha value is -1.98. The van der Waals surface area contributed by atoms with Gasteiger partial charge in [-0.25, -0.2) is 13.4 Å². The Bertz CT molecular complexity index is 1240. The molecule has 7 nitrogen and oxygen atoms in total. The van der Waals surface area contributed by atoms with E-state index in [1.807, 2.05) is 24.3 Å². The molecule has 2 aliphatic heterocycles. The number of rotatable bonds is 4. The van der Waals surface area contributed by atoms with Crippen molar-refractivity contribution < 1.29 is 17.9 Å². The van der Waals surface area contributed by atoms with Gasteiger partial charge in [0.1, 0.15) is 22.6 Å². The average molecular weight is 482 g/mol. The van der Waals surface area contributed by atoms with Crippen LogP contribution in [0.3, 0.4) is 0 Å². The Morgan fingerprint density at radius 2 is 2.07 bits per heavy atom. The fourth-order valence-electron chi connectivity index (χ4n) is 3.68. The number of anilines is 1. The summed E-state index contributed by atoms with van der Waals surface area (Å²) in [5.41, 5.74) is 1.68. The molecule has 5 rings (SSSR count). The molecule has 2 aliphatic rings. The topological polar surface area (TPSA) is 88.6 Å². The van der Waals surface area contributed by atoms with Crippen LogP contribution in [0.25, 0.3) is 11.3 Å². The fourth-order valence-corrected chi connectivity index (χ4v) is 7.84. The Kier molecular flexibility index (Phi) is 5.06. The molecule has 1 amide bonds. The van der Waals surface area contributed by atoms with Crippen molar-refractivity contribution in [1.29, 1.82) is 0 Å². The molecule has 0 radical (unpaired) electrons. The quantitative estimate of drug-likeness (QED) is 0.603. The number of amides is 1. The molecular formula is C19H16ClN3O4S3. The number of aromatic nitrogens is 1. The number of halogens is 1. The number of hydrogen-bond acceptors (Lipinski definition) is 7. The summed E-state index contributed by atoms with van der Waals surface area (Å²) >= 11 is 8.24. The van der Waals surface area contributed by atoms with Gasteiger partial charge in [0, 0.05) is 12.1 Å². The highest BCUT2D eigenvalue weighted by Crippen LogP contribution is 2.41. The Balaban J connectivity index is 1.38. The number of carbonyl (C=O) groups is 1. The highest BCUT2D eigenvalue weighted by molar-refractivity contribution is 7.91. The van der Waals surface area contributed by atoms with Gasteiger partial charge in [0.05, 0.1) is 14.9 Å². The van der Waals surface area contributed by atoms with Gasteiger partial charge in [0.25, 0.3) is 10.0 Å². The van der Waals surface area contributed by atoms with E-state index in [-0.39, 0.29) is 10.1 Å². The molecule has 0 unspecified atom stereocenters. The Morgan fingerprint density at radius 3 is 2.87 bits per heavy atom. The Morgan fingerprint density at radius 1 is 1.23 bits per heavy atom. The molecule has 156 valence electrons. The highest BCUT2D eigenvalue weighted by Gasteiger charge is 2.40. The van der Waals surface area contributed by atoms with E-state index in [9.17, 15) is 13.2 Å². The van der Waals surface area contributed by atoms with Gasteiger partial charge in [0.15, 0.2) is 5.13 Å². The predicted octanol–water partition coefficient (Wildman–Crippen LogP) is 4.21. The minimum atomic E-state index is -3.78. The molecule has 30 heavy (non-hydrogen) atoms. The van der Waals surface area contributed by atoms with Crippen molar-refractivity contribution in [3.63, 3.8) is 0 Å². The van der Waals surface area contributed by atoms with E-state index in [0.29, 0.717) is 35.5 Å². The molecule has 1 fully saturated rings. The number of ether oxygens (including phenoxy) is 1. The molecule has 0 bridgehead atoms. The van der Waals surface area contributed by atoms with Gasteiger partial charge < -0.3 is 10.1 Å². The SMILES string of the molecule is O=C(Nc1nc2c(s1)COc1ccccc1-2)[C@H]1CCCN1S(=O)(=O)c1ccc(Cl)s1. The number of fused-ring (bicyclic) bond motifs is 3. The van der Waals surface area contributed by atoms with Crippen LogP contribution in [0.15, 0.2) is 40.6 Å². The van der Waals surface area contributed by atoms with Crippen molar-refractivity contribution in [2.75, 3.05) is 11.9 Å². The number of benzene rings is 1. The van der Waals surface area contributed by atoms with Gasteiger partial charge in [-0.2, -0.15) is 4.31 Å². The third kappa shape index (κ3) is 3.42. The second kappa shape index (κ2) is 7.61. The maximum absolute atomic E-state index is 13.0. The first-order chi connectivity index (χ1) is 14.4. The third-order valence-electron chi connectivity index (χ3n) is 5.05. The average Bonchev–Trinajstić information content (AvgIpc) is 3.47. The van der Waals surface area contributed by atoms with Crippen molar-refractivity contribution in [2.45, 2.75) is 29.7 Å². The summed E-state index contributed by atoms with van der Waals surface area (Å²) in [6.45, 7) is 0.689. The van der Waals surface area contributed by atoms with Crippen LogP contribution in [0.5, 0.6) is 5.75 Å². The first-order valence-electron chi connectivity index (χ1n) is 9.23. The second-order valence-electron chi connectivity index (χ2n) is 6.90. The molecule has 3 aromatic rings. The molecular weight excluding hydrogens is 466 g/mol. The number of thiazole rings is 1. The number of para-hydroxylation sites is 1. The predicted molar refractivity (Wildman–Crippen MR) is 117 cm³/mol. The molecule has 11 heteroatoms. The lowest BCUT2D eigenvalue weighted by Gasteiger charge is -2.22. The smallest absolute Gasteiger partial charge is 0.253 e. The molecule has 1 N–H and O–H groups in total. The van der Waals surface area contributed by atoms with Crippen molar-refractivity contribution in [2.24, 2.45) is 0 Å². The largest absolute Gasteiger partial charge is 0.487 e. The summed E-state index contributed by atoms with van der Waals surface area (Å²) < 4.78 is 33.5. The summed E-state index contributed by atoms with van der Waals surface area (Å²) in [6, 6.07) is 9.86. The monoisotopic (exact) mass is 481 g/mol. The maximum atomic E-state index is 13.0. The van der Waals surface area contributed by atoms with E-state index < -0.39 is 16.1 Å². The first kappa shape index (κ1) is 20.0.